The average Bonchev–Trinajstić information content (AvgIpc) is 2.29. The number of nitrogens with one attached hydrogen (secondary N) is 1. The van der Waals surface area contributed by atoms with Crippen LogP contribution in [0.15, 0.2) is 30.3 Å². The number of hydrogen-bond acceptors (Lipinski definition) is 3. The lowest BCUT2D eigenvalue weighted by Gasteiger charge is -2.17. The molecule has 0 bridgehead atoms. The van der Waals surface area contributed by atoms with E-state index in [0.717, 1.165) is 5.56 Å². The van der Waals surface area contributed by atoms with E-state index in [9.17, 15) is 14.1 Å². The van der Waals surface area contributed by atoms with E-state index >= 15 is 0 Å². The summed E-state index contributed by atoms with van der Waals surface area (Å²) in [5.74, 6) is -0.890. The molecule has 0 aliphatic rings. The number of aliphatic carboxylic acids is 1. The summed E-state index contributed by atoms with van der Waals surface area (Å²) in [5.41, 5.74) is 0.780. The molecule has 5 heteroatoms. The van der Waals surface area contributed by atoms with Crippen LogP contribution in [-0.4, -0.2) is 39.9 Å². The molecule has 0 aromatic heterocycles. The fraction of sp³-hybridized carbons (Fsp3) is 0.462. The van der Waals surface area contributed by atoms with Crippen LogP contribution in [0.3, 0.4) is 0 Å². The first-order valence-corrected chi connectivity index (χ1v) is 7.54. The van der Waals surface area contributed by atoms with Gasteiger partial charge in [0, 0.05) is 35.4 Å². The third-order valence-electron chi connectivity index (χ3n) is 2.66. The summed E-state index contributed by atoms with van der Waals surface area (Å²) in [7, 11) is -0.875. The molecule has 0 fully saturated rings. The molecule has 3 atom stereocenters. The minimum atomic E-state index is -0.875. The maximum atomic E-state index is 11.2. The van der Waals surface area contributed by atoms with Crippen LogP contribution in [0.1, 0.15) is 18.4 Å². The monoisotopic (exact) mass is 269 g/mol. The lowest BCUT2D eigenvalue weighted by Crippen LogP contribution is -2.36. The predicted octanol–water partition coefficient (Wildman–Crippen LogP) is 1.21. The van der Waals surface area contributed by atoms with E-state index in [1.54, 1.807) is 6.26 Å². The molecule has 0 heterocycles. The standard InChI is InChI=1S/C13H19NO3S/c1-10(9-18(2)17)14-8-12(13(15)16)11-6-4-3-5-7-11/h3-7,10,12,14H,8-9H2,1-2H3,(H,15,16). The normalized spacial score (nSPS) is 15.9. The van der Waals surface area contributed by atoms with Crippen molar-refractivity contribution >= 4 is 16.8 Å². The van der Waals surface area contributed by atoms with Crippen molar-refractivity contribution < 1.29 is 14.1 Å². The molecule has 4 nitrogen and oxygen atoms in total. The van der Waals surface area contributed by atoms with Gasteiger partial charge in [-0.3, -0.25) is 9.00 Å². The second kappa shape index (κ2) is 7.28. The Morgan fingerprint density at radius 3 is 2.50 bits per heavy atom. The fourth-order valence-corrected chi connectivity index (χ4v) is 2.59. The van der Waals surface area contributed by atoms with Crippen molar-refractivity contribution in [2.75, 3.05) is 18.6 Å². The molecule has 1 aromatic carbocycles. The van der Waals surface area contributed by atoms with Crippen molar-refractivity contribution in [2.45, 2.75) is 18.9 Å². The molecule has 0 aliphatic carbocycles. The van der Waals surface area contributed by atoms with Gasteiger partial charge in [0.25, 0.3) is 0 Å². The van der Waals surface area contributed by atoms with Crippen LogP contribution in [0, 0.1) is 0 Å². The van der Waals surface area contributed by atoms with Gasteiger partial charge < -0.3 is 10.4 Å². The molecular formula is C13H19NO3S. The van der Waals surface area contributed by atoms with E-state index in [1.165, 1.54) is 0 Å². The first kappa shape index (κ1) is 14.9. The number of carbonyl (C=O) groups is 1. The Balaban J connectivity index is 2.60. The number of benzene rings is 1. The van der Waals surface area contributed by atoms with Gasteiger partial charge in [-0.15, -0.1) is 0 Å². The SMILES string of the molecule is CC(CS(C)=O)NCC(C(=O)O)c1ccccc1. The molecule has 0 amide bonds. The highest BCUT2D eigenvalue weighted by atomic mass is 32.2. The molecule has 0 saturated carbocycles. The molecule has 100 valence electrons. The van der Waals surface area contributed by atoms with Gasteiger partial charge in [0.2, 0.25) is 0 Å². The Hall–Kier alpha value is -1.20. The molecule has 18 heavy (non-hydrogen) atoms. The summed E-state index contributed by atoms with van der Waals surface area (Å²) in [6, 6.07) is 9.18. The van der Waals surface area contributed by atoms with Gasteiger partial charge >= 0.3 is 5.97 Å². The lowest BCUT2D eigenvalue weighted by molar-refractivity contribution is -0.138. The predicted molar refractivity (Wildman–Crippen MR) is 73.2 cm³/mol. The molecule has 0 radical (unpaired) electrons. The first-order chi connectivity index (χ1) is 8.50. The average molecular weight is 269 g/mol. The number of carboxylic acid groups (broad SMARTS) is 1. The summed E-state index contributed by atoms with van der Waals surface area (Å²) in [6.07, 6.45) is 1.64. The second-order valence-electron chi connectivity index (χ2n) is 4.35. The molecule has 0 spiro atoms. The second-order valence-corrected chi connectivity index (χ2v) is 5.83. The lowest BCUT2D eigenvalue weighted by atomic mass is 9.99. The molecule has 0 aliphatic heterocycles. The third-order valence-corrected chi connectivity index (χ3v) is 3.62. The van der Waals surface area contributed by atoms with Crippen LogP contribution in [0.25, 0.3) is 0 Å². The van der Waals surface area contributed by atoms with Gasteiger partial charge in [0.05, 0.1) is 5.92 Å². The van der Waals surface area contributed by atoms with Crippen LogP contribution >= 0.6 is 0 Å². The maximum absolute atomic E-state index is 11.2. The number of carboxylic acids is 1. The van der Waals surface area contributed by atoms with Crippen molar-refractivity contribution in [1.29, 1.82) is 0 Å². The van der Waals surface area contributed by atoms with Crippen molar-refractivity contribution in [3.63, 3.8) is 0 Å². The molecule has 0 saturated heterocycles. The first-order valence-electron chi connectivity index (χ1n) is 5.82. The van der Waals surface area contributed by atoms with Crippen LogP contribution in [0.2, 0.25) is 0 Å². The van der Waals surface area contributed by atoms with E-state index in [2.05, 4.69) is 5.32 Å². The summed E-state index contributed by atoms with van der Waals surface area (Å²) >= 11 is 0. The molecule has 2 N–H and O–H groups in total. The summed E-state index contributed by atoms with van der Waals surface area (Å²) < 4.78 is 11.1. The topological polar surface area (TPSA) is 66.4 Å². The van der Waals surface area contributed by atoms with Gasteiger partial charge in [-0.2, -0.15) is 0 Å². The van der Waals surface area contributed by atoms with Crippen LogP contribution in [0.5, 0.6) is 0 Å². The molecular weight excluding hydrogens is 250 g/mol. The Labute approximate surface area is 110 Å². The Morgan fingerprint density at radius 1 is 1.39 bits per heavy atom. The maximum Gasteiger partial charge on any atom is 0.312 e. The quantitative estimate of drug-likeness (QED) is 0.781. The highest BCUT2D eigenvalue weighted by molar-refractivity contribution is 7.84. The van der Waals surface area contributed by atoms with Gasteiger partial charge in [-0.1, -0.05) is 30.3 Å². The highest BCUT2D eigenvalue weighted by Gasteiger charge is 2.20. The smallest absolute Gasteiger partial charge is 0.312 e. The highest BCUT2D eigenvalue weighted by Crippen LogP contribution is 2.14. The fourth-order valence-electron chi connectivity index (χ4n) is 1.76. The van der Waals surface area contributed by atoms with E-state index < -0.39 is 22.7 Å². The zero-order valence-corrected chi connectivity index (χ0v) is 11.4. The zero-order chi connectivity index (χ0) is 13.5. The van der Waals surface area contributed by atoms with Crippen LogP contribution in [0.4, 0.5) is 0 Å². The van der Waals surface area contributed by atoms with Crippen molar-refractivity contribution in [2.24, 2.45) is 0 Å². The Morgan fingerprint density at radius 2 is 2.00 bits per heavy atom. The van der Waals surface area contributed by atoms with Crippen LogP contribution in [-0.2, 0) is 15.6 Å². The summed E-state index contributed by atoms with van der Waals surface area (Å²) in [4.78, 5) is 11.2. The van der Waals surface area contributed by atoms with Gasteiger partial charge in [0.15, 0.2) is 0 Å². The van der Waals surface area contributed by atoms with E-state index in [0.29, 0.717) is 12.3 Å². The number of hydrogen-bond donors (Lipinski definition) is 2. The van der Waals surface area contributed by atoms with Crippen molar-refractivity contribution in [1.82, 2.24) is 5.32 Å². The Bertz CT molecular complexity index is 408. The van der Waals surface area contributed by atoms with Gasteiger partial charge in [-0.05, 0) is 12.5 Å². The Kier molecular flexibility index (Phi) is 6.01. The summed E-state index contributed by atoms with van der Waals surface area (Å²) in [5, 5.41) is 12.3. The number of rotatable bonds is 7. The molecule has 3 unspecified atom stereocenters. The van der Waals surface area contributed by atoms with E-state index in [1.807, 2.05) is 37.3 Å². The van der Waals surface area contributed by atoms with E-state index in [4.69, 9.17) is 0 Å². The third kappa shape index (κ3) is 4.98. The van der Waals surface area contributed by atoms with Crippen molar-refractivity contribution in [3.8, 4) is 0 Å². The van der Waals surface area contributed by atoms with E-state index in [-0.39, 0.29) is 6.04 Å². The molecule has 1 aromatic rings. The van der Waals surface area contributed by atoms with Gasteiger partial charge in [-0.25, -0.2) is 0 Å². The zero-order valence-electron chi connectivity index (χ0n) is 10.6. The largest absolute Gasteiger partial charge is 0.481 e. The minimum absolute atomic E-state index is 0.0430. The summed E-state index contributed by atoms with van der Waals surface area (Å²) in [6.45, 7) is 2.25. The molecule has 1 rings (SSSR count). The minimum Gasteiger partial charge on any atom is -0.481 e. The van der Waals surface area contributed by atoms with Crippen molar-refractivity contribution in [3.05, 3.63) is 35.9 Å². The van der Waals surface area contributed by atoms with Gasteiger partial charge in [0.1, 0.15) is 0 Å². The van der Waals surface area contributed by atoms with Crippen LogP contribution < -0.4 is 5.32 Å².